The van der Waals surface area contributed by atoms with E-state index in [4.69, 9.17) is 28.5 Å². The minimum absolute atomic E-state index is 0.00429. The number of carbonyl (C=O) groups is 1. The summed E-state index contributed by atoms with van der Waals surface area (Å²) in [6.07, 6.45) is 1.52. The van der Waals surface area contributed by atoms with Gasteiger partial charge in [-0.1, -0.05) is 23.2 Å². The summed E-state index contributed by atoms with van der Waals surface area (Å²) >= 11 is 16.5. The number of nitrogens with zero attached hydrogens (tertiary/aromatic N) is 1. The lowest BCUT2D eigenvalue weighted by Gasteiger charge is -2.06. The maximum Gasteiger partial charge on any atom is 0.266 e. The van der Waals surface area contributed by atoms with Gasteiger partial charge < -0.3 is 5.32 Å². The molecule has 0 atom stereocenters. The molecule has 1 amide bonds. The molecule has 3 nitrogen and oxygen atoms in total. The molecule has 1 N–H and O–H groups in total. The Balaban J connectivity index is 2.21. The van der Waals surface area contributed by atoms with Gasteiger partial charge in [0, 0.05) is 19.8 Å². The number of halogens is 3. The van der Waals surface area contributed by atoms with Gasteiger partial charge in [-0.3, -0.25) is 4.79 Å². The molecular weight excluding hydrogens is 395 g/mol. The van der Waals surface area contributed by atoms with Gasteiger partial charge in [-0.05, 0) is 46.3 Å². The summed E-state index contributed by atoms with van der Waals surface area (Å²) in [7, 11) is 0. The Kier molecular flexibility index (Phi) is 5.43. The molecule has 0 saturated heterocycles. The average Bonchev–Trinajstić information content (AvgIpc) is 2.84. The number of thiophene rings is 1. The first-order chi connectivity index (χ1) is 9.99. The zero-order chi connectivity index (χ0) is 15.4. The largest absolute Gasteiger partial charge is 0.320 e. The van der Waals surface area contributed by atoms with Crippen molar-refractivity contribution in [3.8, 4) is 6.07 Å². The zero-order valence-corrected chi connectivity index (χ0v) is 14.3. The molecule has 0 aliphatic heterocycles. The first-order valence-corrected chi connectivity index (χ1v) is 8.04. The second kappa shape index (κ2) is 7.10. The molecule has 1 aromatic heterocycles. The number of rotatable bonds is 3. The lowest BCUT2D eigenvalue weighted by atomic mass is 10.2. The van der Waals surface area contributed by atoms with E-state index in [0.29, 0.717) is 15.7 Å². The molecule has 0 spiro atoms. The number of amides is 1. The number of carbonyl (C=O) groups excluding carboxylic acids is 1. The summed E-state index contributed by atoms with van der Waals surface area (Å²) in [5, 5.41) is 14.4. The fourth-order valence-corrected chi connectivity index (χ4v) is 3.31. The van der Waals surface area contributed by atoms with Crippen molar-refractivity contribution in [3.63, 3.8) is 0 Å². The standard InChI is InChI=1S/C14H7BrCl2N2OS/c15-9-4-11(21-7-9)3-8(6-18)14(20)19-13-2-1-10(16)5-12(13)17/h1-5,7H,(H,19,20)/b8-3+. The van der Waals surface area contributed by atoms with Crippen LogP contribution in [0, 0.1) is 11.3 Å². The number of nitrogens with one attached hydrogen (secondary N) is 1. The zero-order valence-electron chi connectivity index (χ0n) is 10.4. The molecule has 7 heteroatoms. The third-order valence-electron chi connectivity index (χ3n) is 2.42. The van der Waals surface area contributed by atoms with Crippen molar-refractivity contribution in [2.24, 2.45) is 0 Å². The summed E-state index contributed by atoms with van der Waals surface area (Å²) in [4.78, 5) is 12.9. The van der Waals surface area contributed by atoms with Gasteiger partial charge in [0.25, 0.3) is 5.91 Å². The van der Waals surface area contributed by atoms with Gasteiger partial charge in [-0.2, -0.15) is 5.26 Å². The van der Waals surface area contributed by atoms with Crippen molar-refractivity contribution in [1.82, 2.24) is 0 Å². The molecule has 21 heavy (non-hydrogen) atoms. The van der Waals surface area contributed by atoms with Crippen LogP contribution in [-0.4, -0.2) is 5.91 Å². The summed E-state index contributed by atoms with van der Waals surface area (Å²) in [6, 6.07) is 8.41. The highest BCUT2D eigenvalue weighted by Crippen LogP contribution is 2.26. The monoisotopic (exact) mass is 400 g/mol. The Morgan fingerprint density at radius 2 is 2.14 bits per heavy atom. The van der Waals surface area contributed by atoms with Crippen LogP contribution in [0.5, 0.6) is 0 Å². The minimum atomic E-state index is -0.522. The molecule has 0 bridgehead atoms. The molecule has 2 rings (SSSR count). The fraction of sp³-hybridized carbons (Fsp3) is 0. The number of hydrogen-bond acceptors (Lipinski definition) is 3. The van der Waals surface area contributed by atoms with Gasteiger partial charge in [0.05, 0.1) is 10.7 Å². The van der Waals surface area contributed by atoms with E-state index >= 15 is 0 Å². The predicted octanol–water partition coefficient (Wildman–Crippen LogP) is 5.36. The summed E-state index contributed by atoms with van der Waals surface area (Å²) < 4.78 is 0.900. The number of benzene rings is 1. The highest BCUT2D eigenvalue weighted by molar-refractivity contribution is 9.10. The maximum absolute atomic E-state index is 12.1. The molecule has 0 radical (unpaired) electrons. The highest BCUT2D eigenvalue weighted by Gasteiger charge is 2.12. The van der Waals surface area contributed by atoms with Crippen molar-refractivity contribution in [2.45, 2.75) is 0 Å². The number of nitriles is 1. The highest BCUT2D eigenvalue weighted by atomic mass is 79.9. The van der Waals surface area contributed by atoms with Gasteiger partial charge in [0.1, 0.15) is 11.6 Å². The Labute approximate surface area is 143 Å². The molecule has 0 unspecified atom stereocenters. The second-order valence-corrected chi connectivity index (χ2v) is 6.62. The smallest absolute Gasteiger partial charge is 0.266 e. The molecule has 0 aliphatic rings. The number of anilines is 1. The van der Waals surface area contributed by atoms with Crippen LogP contribution in [-0.2, 0) is 4.79 Å². The van der Waals surface area contributed by atoms with Gasteiger partial charge in [-0.25, -0.2) is 0 Å². The Bertz CT molecular complexity index is 765. The third-order valence-corrected chi connectivity index (χ3v) is 4.61. The molecular formula is C14H7BrCl2N2OS. The van der Waals surface area contributed by atoms with E-state index in [1.165, 1.54) is 23.5 Å². The van der Waals surface area contributed by atoms with Crippen LogP contribution in [0.2, 0.25) is 10.0 Å². The quantitative estimate of drug-likeness (QED) is 0.555. The van der Waals surface area contributed by atoms with Crippen molar-refractivity contribution in [1.29, 1.82) is 5.26 Å². The summed E-state index contributed by atoms with van der Waals surface area (Å²) in [6.45, 7) is 0. The Morgan fingerprint density at radius 1 is 1.38 bits per heavy atom. The second-order valence-electron chi connectivity index (χ2n) is 3.92. The topological polar surface area (TPSA) is 52.9 Å². The Hall–Kier alpha value is -1.32. The number of hydrogen-bond donors (Lipinski definition) is 1. The summed E-state index contributed by atoms with van der Waals surface area (Å²) in [5.41, 5.74) is 0.398. The lowest BCUT2D eigenvalue weighted by Crippen LogP contribution is -2.13. The van der Waals surface area contributed by atoms with Gasteiger partial charge in [0.15, 0.2) is 0 Å². The van der Waals surface area contributed by atoms with Crippen molar-refractivity contribution >= 4 is 68.1 Å². The molecule has 106 valence electrons. The Morgan fingerprint density at radius 3 is 2.71 bits per heavy atom. The van der Waals surface area contributed by atoms with E-state index in [9.17, 15) is 4.79 Å². The van der Waals surface area contributed by atoms with Crippen molar-refractivity contribution in [2.75, 3.05) is 5.32 Å². The van der Waals surface area contributed by atoms with Crippen LogP contribution in [0.25, 0.3) is 6.08 Å². The van der Waals surface area contributed by atoms with Crippen molar-refractivity contribution < 1.29 is 4.79 Å². The van der Waals surface area contributed by atoms with Crippen LogP contribution in [0.15, 0.2) is 39.7 Å². The normalized spacial score (nSPS) is 11.0. The third kappa shape index (κ3) is 4.32. The van der Waals surface area contributed by atoms with E-state index in [1.807, 2.05) is 17.5 Å². The van der Waals surface area contributed by atoms with Gasteiger partial charge >= 0.3 is 0 Å². The molecule has 0 saturated carbocycles. The van der Waals surface area contributed by atoms with E-state index in [0.717, 1.165) is 9.35 Å². The fourth-order valence-electron chi connectivity index (χ4n) is 1.48. The van der Waals surface area contributed by atoms with Gasteiger partial charge in [-0.15, -0.1) is 11.3 Å². The predicted molar refractivity (Wildman–Crippen MR) is 90.7 cm³/mol. The van der Waals surface area contributed by atoms with Crippen LogP contribution in [0.4, 0.5) is 5.69 Å². The molecule has 1 heterocycles. The van der Waals surface area contributed by atoms with Crippen LogP contribution < -0.4 is 5.32 Å². The molecule has 2 aromatic rings. The molecule has 0 fully saturated rings. The van der Waals surface area contributed by atoms with E-state index < -0.39 is 5.91 Å². The van der Waals surface area contributed by atoms with Crippen LogP contribution >= 0.6 is 50.5 Å². The van der Waals surface area contributed by atoms with Crippen LogP contribution in [0.3, 0.4) is 0 Å². The average molecular weight is 402 g/mol. The first kappa shape index (κ1) is 16.1. The van der Waals surface area contributed by atoms with Crippen molar-refractivity contribution in [3.05, 3.63) is 54.6 Å². The summed E-state index contributed by atoms with van der Waals surface area (Å²) in [5.74, 6) is -0.522. The van der Waals surface area contributed by atoms with Gasteiger partial charge in [0.2, 0.25) is 0 Å². The van der Waals surface area contributed by atoms with E-state index in [-0.39, 0.29) is 5.57 Å². The lowest BCUT2D eigenvalue weighted by molar-refractivity contribution is -0.112. The molecule has 0 aliphatic carbocycles. The minimum Gasteiger partial charge on any atom is -0.320 e. The van der Waals surface area contributed by atoms with E-state index in [1.54, 1.807) is 12.1 Å². The molecule has 1 aromatic carbocycles. The SMILES string of the molecule is N#C/C(=C\c1cc(Br)cs1)C(=O)Nc1ccc(Cl)cc1Cl. The first-order valence-electron chi connectivity index (χ1n) is 5.62. The van der Waals surface area contributed by atoms with Crippen LogP contribution in [0.1, 0.15) is 4.88 Å². The maximum atomic E-state index is 12.1. The van der Waals surface area contributed by atoms with E-state index in [2.05, 4.69) is 21.2 Å².